The highest BCUT2D eigenvalue weighted by atomic mass is 79.9. The minimum absolute atomic E-state index is 0.123. The predicted molar refractivity (Wildman–Crippen MR) is 71.5 cm³/mol. The van der Waals surface area contributed by atoms with Gasteiger partial charge < -0.3 is 4.57 Å². The van der Waals surface area contributed by atoms with Gasteiger partial charge >= 0.3 is 0 Å². The molecule has 2 rings (SSSR count). The number of hydrogen-bond acceptors (Lipinski definition) is 3. The fraction of sp³-hybridized carbons (Fsp3) is 0.182. The lowest BCUT2D eigenvalue weighted by molar-refractivity contribution is 0.538. The van der Waals surface area contributed by atoms with Crippen molar-refractivity contribution in [1.29, 1.82) is 0 Å². The van der Waals surface area contributed by atoms with E-state index in [1.165, 1.54) is 17.6 Å². The van der Waals surface area contributed by atoms with Gasteiger partial charge in [0, 0.05) is 11.8 Å². The van der Waals surface area contributed by atoms with Crippen LogP contribution in [0.4, 0.5) is 8.78 Å². The maximum atomic E-state index is 13.9. The second-order valence-corrected chi connectivity index (χ2v) is 6.48. The average Bonchev–Trinajstić information content (AvgIpc) is 2.71. The minimum Gasteiger partial charge on any atom is -0.329 e. The van der Waals surface area contributed by atoms with E-state index in [9.17, 15) is 17.2 Å². The monoisotopic (exact) mass is 365 g/mol. The van der Waals surface area contributed by atoms with Crippen LogP contribution >= 0.6 is 15.9 Å². The number of aryl methyl sites for hydroxylation is 1. The molecule has 0 aliphatic heterocycles. The Bertz CT molecular complexity index is 774. The molecule has 0 saturated heterocycles. The van der Waals surface area contributed by atoms with E-state index in [-0.39, 0.29) is 27.4 Å². The molecule has 0 bridgehead atoms. The number of hydrogen-bond donors (Lipinski definition) is 1. The average molecular weight is 366 g/mol. The van der Waals surface area contributed by atoms with Crippen molar-refractivity contribution in [3.63, 3.8) is 0 Å². The lowest BCUT2D eigenvalue weighted by Crippen LogP contribution is -2.12. The Hall–Kier alpha value is -1.32. The first kappa shape index (κ1) is 15.1. The van der Waals surface area contributed by atoms with Gasteiger partial charge in [0.2, 0.25) is 0 Å². The first-order valence-electron chi connectivity index (χ1n) is 5.39. The number of sulfonamides is 1. The molecule has 0 unspecified atom stereocenters. The van der Waals surface area contributed by atoms with Crippen LogP contribution in [0.2, 0.25) is 0 Å². The van der Waals surface area contributed by atoms with Crippen molar-refractivity contribution in [2.45, 2.75) is 18.5 Å². The molecule has 0 radical (unpaired) electrons. The Morgan fingerprint density at radius 3 is 2.60 bits per heavy atom. The highest BCUT2D eigenvalue weighted by molar-refractivity contribution is 9.10. The largest absolute Gasteiger partial charge is 0.329 e. The van der Waals surface area contributed by atoms with Crippen LogP contribution in [-0.4, -0.2) is 18.0 Å². The summed E-state index contributed by atoms with van der Waals surface area (Å²) in [6.07, 6.45) is 1.14. The SMILES string of the molecule is Cc1nc(S(N)(=O)=O)cn1Cc1c(F)ccc(Br)c1F. The smallest absolute Gasteiger partial charge is 0.257 e. The highest BCUT2D eigenvalue weighted by Crippen LogP contribution is 2.23. The van der Waals surface area contributed by atoms with Crippen LogP contribution in [0.1, 0.15) is 11.4 Å². The van der Waals surface area contributed by atoms with E-state index >= 15 is 0 Å². The van der Waals surface area contributed by atoms with E-state index in [0.29, 0.717) is 0 Å². The second-order valence-electron chi connectivity index (χ2n) is 4.12. The molecule has 0 saturated carbocycles. The van der Waals surface area contributed by atoms with Crippen LogP contribution in [0, 0.1) is 18.6 Å². The van der Waals surface area contributed by atoms with Crippen LogP contribution in [0.15, 0.2) is 27.8 Å². The molecule has 9 heteroatoms. The Morgan fingerprint density at radius 2 is 2.05 bits per heavy atom. The first-order valence-corrected chi connectivity index (χ1v) is 7.73. The third kappa shape index (κ3) is 2.89. The minimum atomic E-state index is -3.95. The van der Waals surface area contributed by atoms with E-state index in [1.807, 2.05) is 0 Å². The molecule has 0 spiro atoms. The zero-order valence-electron chi connectivity index (χ0n) is 10.3. The maximum Gasteiger partial charge on any atom is 0.257 e. The van der Waals surface area contributed by atoms with Crippen molar-refractivity contribution >= 4 is 26.0 Å². The van der Waals surface area contributed by atoms with Gasteiger partial charge in [-0.1, -0.05) is 0 Å². The fourth-order valence-electron chi connectivity index (χ4n) is 1.66. The number of halogens is 3. The standard InChI is InChI=1S/C11H10BrF2N3O2S/c1-6-16-10(20(15,18)19)5-17(6)4-7-9(13)3-2-8(12)11(7)14/h2-3,5H,4H2,1H3,(H2,15,18,19). The van der Waals surface area contributed by atoms with Crippen molar-refractivity contribution in [3.05, 3.63) is 45.8 Å². The number of nitrogens with zero attached hydrogens (tertiary/aromatic N) is 2. The predicted octanol–water partition coefficient (Wildman–Crippen LogP) is 1.93. The van der Waals surface area contributed by atoms with Crippen LogP contribution in [-0.2, 0) is 16.6 Å². The summed E-state index contributed by atoms with van der Waals surface area (Å²) < 4.78 is 51.3. The zero-order valence-corrected chi connectivity index (χ0v) is 12.7. The summed E-state index contributed by atoms with van der Waals surface area (Å²) in [5.41, 5.74) is -0.194. The molecule has 1 aromatic carbocycles. The third-order valence-corrected chi connectivity index (χ3v) is 4.10. The number of primary sulfonamides is 1. The van der Waals surface area contributed by atoms with Crippen LogP contribution in [0.3, 0.4) is 0 Å². The molecule has 1 aromatic heterocycles. The summed E-state index contributed by atoms with van der Waals surface area (Å²) in [4.78, 5) is 3.75. The lowest BCUT2D eigenvalue weighted by atomic mass is 10.2. The second kappa shape index (κ2) is 5.23. The van der Waals surface area contributed by atoms with Crippen LogP contribution in [0.5, 0.6) is 0 Å². The van der Waals surface area contributed by atoms with Crippen molar-refractivity contribution in [1.82, 2.24) is 9.55 Å². The van der Waals surface area contributed by atoms with Gasteiger partial charge in [-0.3, -0.25) is 0 Å². The van der Waals surface area contributed by atoms with Gasteiger partial charge in [-0.25, -0.2) is 27.3 Å². The number of aromatic nitrogens is 2. The topological polar surface area (TPSA) is 78.0 Å². The van der Waals surface area contributed by atoms with Gasteiger partial charge in [0.05, 0.1) is 11.0 Å². The number of benzene rings is 1. The van der Waals surface area contributed by atoms with E-state index < -0.39 is 21.7 Å². The quantitative estimate of drug-likeness (QED) is 0.844. The van der Waals surface area contributed by atoms with Crippen LogP contribution < -0.4 is 5.14 Å². The molecule has 0 atom stereocenters. The zero-order chi connectivity index (χ0) is 15.1. The van der Waals surface area contributed by atoms with E-state index in [0.717, 1.165) is 12.3 Å². The van der Waals surface area contributed by atoms with Crippen LogP contribution in [0.25, 0.3) is 0 Å². The van der Waals surface area contributed by atoms with Gasteiger partial charge in [0.15, 0.2) is 5.03 Å². The van der Waals surface area contributed by atoms with Crippen molar-refractivity contribution < 1.29 is 17.2 Å². The van der Waals surface area contributed by atoms with Gasteiger partial charge in [0.1, 0.15) is 17.5 Å². The summed E-state index contributed by atoms with van der Waals surface area (Å²) in [5.74, 6) is -1.18. The summed E-state index contributed by atoms with van der Waals surface area (Å²) in [6, 6.07) is 2.38. The Morgan fingerprint density at radius 1 is 1.40 bits per heavy atom. The number of imidazole rings is 1. The fourth-order valence-corrected chi connectivity index (χ4v) is 2.57. The molecular formula is C11H10BrF2N3O2S. The maximum absolute atomic E-state index is 13.9. The van der Waals surface area contributed by atoms with Gasteiger partial charge in [-0.05, 0) is 35.0 Å². The molecule has 2 N–H and O–H groups in total. The normalized spacial score (nSPS) is 11.8. The first-order chi connectivity index (χ1) is 9.20. The Kier molecular flexibility index (Phi) is 3.94. The van der Waals surface area contributed by atoms with Gasteiger partial charge in [0.25, 0.3) is 10.0 Å². The summed E-state index contributed by atoms with van der Waals surface area (Å²) in [5, 5.41) is 4.62. The highest BCUT2D eigenvalue weighted by Gasteiger charge is 2.17. The molecule has 5 nitrogen and oxygen atoms in total. The molecule has 20 heavy (non-hydrogen) atoms. The van der Waals surface area contributed by atoms with Gasteiger partial charge in [-0.15, -0.1) is 0 Å². The summed E-state index contributed by atoms with van der Waals surface area (Å²) in [6.45, 7) is 1.33. The van der Waals surface area contributed by atoms with E-state index in [1.54, 1.807) is 0 Å². The van der Waals surface area contributed by atoms with E-state index in [4.69, 9.17) is 5.14 Å². The molecule has 2 aromatic rings. The van der Waals surface area contributed by atoms with Crippen molar-refractivity contribution in [2.24, 2.45) is 5.14 Å². The molecule has 0 aliphatic rings. The molecule has 0 amide bonds. The summed E-state index contributed by atoms with van der Waals surface area (Å²) >= 11 is 2.97. The van der Waals surface area contributed by atoms with E-state index in [2.05, 4.69) is 20.9 Å². The third-order valence-electron chi connectivity index (χ3n) is 2.71. The number of rotatable bonds is 3. The van der Waals surface area contributed by atoms with Crippen molar-refractivity contribution in [2.75, 3.05) is 0 Å². The van der Waals surface area contributed by atoms with Crippen molar-refractivity contribution in [3.8, 4) is 0 Å². The molecule has 1 heterocycles. The number of nitrogens with two attached hydrogens (primary N) is 1. The molecule has 0 fully saturated rings. The molecule has 108 valence electrons. The van der Waals surface area contributed by atoms with Gasteiger partial charge in [-0.2, -0.15) is 0 Å². The Balaban J connectivity index is 2.46. The molecule has 0 aliphatic carbocycles. The lowest BCUT2D eigenvalue weighted by Gasteiger charge is -2.08. The molecular weight excluding hydrogens is 356 g/mol. The Labute approximate surface area is 122 Å². The summed E-state index contributed by atoms with van der Waals surface area (Å²) in [7, 11) is -3.95.